The highest BCUT2D eigenvalue weighted by Gasteiger charge is 2.43. The maximum Gasteiger partial charge on any atom is 0.298 e. The second-order valence-corrected chi connectivity index (χ2v) is 9.11. The van der Waals surface area contributed by atoms with E-state index in [2.05, 4.69) is 16.8 Å². The van der Waals surface area contributed by atoms with Crippen molar-refractivity contribution in [3.05, 3.63) is 71.9 Å². The van der Waals surface area contributed by atoms with Crippen molar-refractivity contribution in [3.63, 3.8) is 0 Å². The fourth-order valence-corrected chi connectivity index (χ4v) is 5.01. The number of pyridine rings is 1. The summed E-state index contributed by atoms with van der Waals surface area (Å²) in [6, 6.07) is 19.0. The van der Waals surface area contributed by atoms with Gasteiger partial charge in [0, 0.05) is 49.1 Å². The van der Waals surface area contributed by atoms with Crippen molar-refractivity contribution in [1.82, 2.24) is 14.8 Å². The Morgan fingerprint density at radius 3 is 2.35 bits per heavy atom. The molecule has 0 unspecified atom stereocenters. The molecule has 172 valence electrons. The van der Waals surface area contributed by atoms with Crippen LogP contribution in [-0.4, -0.2) is 59.9 Å². The van der Waals surface area contributed by atoms with Gasteiger partial charge >= 0.3 is 0 Å². The Hall–Kier alpha value is -3.85. The summed E-state index contributed by atoms with van der Waals surface area (Å²) >= 11 is 0. The minimum Gasteiger partial charge on any atom is -0.496 e. The molecule has 0 aliphatic carbocycles. The molecular formula is C28H27N3O3. The normalized spacial score (nSPS) is 16.9. The average molecular weight is 454 g/mol. The number of amides is 2. The van der Waals surface area contributed by atoms with Gasteiger partial charge in [-0.15, -0.1) is 0 Å². The molecular weight excluding hydrogens is 426 g/mol. The highest BCUT2D eigenvalue weighted by Crippen LogP contribution is 2.41. The van der Waals surface area contributed by atoms with Crippen LogP contribution in [0.15, 0.2) is 60.7 Å². The third kappa shape index (κ3) is 4.34. The summed E-state index contributed by atoms with van der Waals surface area (Å²) in [5, 5.41) is 0.895. The highest BCUT2D eigenvalue weighted by atomic mass is 16.5. The van der Waals surface area contributed by atoms with Crippen molar-refractivity contribution >= 4 is 22.7 Å². The molecule has 0 atom stereocenters. The summed E-state index contributed by atoms with van der Waals surface area (Å²) < 4.78 is 5.51. The van der Waals surface area contributed by atoms with E-state index in [9.17, 15) is 9.59 Å². The smallest absolute Gasteiger partial charge is 0.298 e. The molecule has 2 aliphatic rings. The van der Waals surface area contributed by atoms with Crippen LogP contribution < -0.4 is 4.74 Å². The van der Waals surface area contributed by atoms with Crippen molar-refractivity contribution in [2.75, 3.05) is 33.3 Å². The van der Waals surface area contributed by atoms with Gasteiger partial charge in [0.25, 0.3) is 11.8 Å². The van der Waals surface area contributed by atoms with E-state index in [1.165, 1.54) is 0 Å². The van der Waals surface area contributed by atoms with Gasteiger partial charge in [0.05, 0.1) is 12.6 Å². The van der Waals surface area contributed by atoms with E-state index in [0.29, 0.717) is 37.6 Å². The number of ether oxygens (including phenoxy) is 1. The number of aromatic nitrogens is 1. The van der Waals surface area contributed by atoms with Gasteiger partial charge in [-0.05, 0) is 48.9 Å². The number of piperidine rings is 1. The summed E-state index contributed by atoms with van der Waals surface area (Å²) in [6.07, 6.45) is 2.70. The minimum atomic E-state index is -0.128. The zero-order valence-corrected chi connectivity index (χ0v) is 19.3. The molecule has 2 fully saturated rings. The number of likely N-dealkylation sites (tertiary alicyclic amines) is 2. The van der Waals surface area contributed by atoms with E-state index < -0.39 is 0 Å². The first kappa shape index (κ1) is 22.0. The van der Waals surface area contributed by atoms with E-state index in [1.807, 2.05) is 64.4 Å². The molecule has 2 saturated heterocycles. The second-order valence-electron chi connectivity index (χ2n) is 9.11. The summed E-state index contributed by atoms with van der Waals surface area (Å²) in [4.78, 5) is 34.2. The number of carbonyl (C=O) groups is 2. The van der Waals surface area contributed by atoms with E-state index in [1.54, 1.807) is 13.2 Å². The van der Waals surface area contributed by atoms with Gasteiger partial charge in [-0.1, -0.05) is 36.3 Å². The number of hydrogen-bond acceptors (Lipinski definition) is 4. The van der Waals surface area contributed by atoms with Gasteiger partial charge in [-0.3, -0.25) is 9.59 Å². The highest BCUT2D eigenvalue weighted by molar-refractivity contribution is 5.97. The number of fused-ring (bicyclic) bond motifs is 1. The minimum absolute atomic E-state index is 0.0558. The molecule has 2 aromatic carbocycles. The quantitative estimate of drug-likeness (QED) is 0.555. The number of benzene rings is 2. The predicted octanol–water partition coefficient (Wildman–Crippen LogP) is 3.75. The van der Waals surface area contributed by atoms with Crippen molar-refractivity contribution in [2.24, 2.45) is 5.41 Å². The maximum absolute atomic E-state index is 13.3. The van der Waals surface area contributed by atoms with Crippen LogP contribution in [0.2, 0.25) is 0 Å². The molecule has 1 aromatic heterocycles. The lowest BCUT2D eigenvalue weighted by Gasteiger charge is -2.38. The van der Waals surface area contributed by atoms with Gasteiger partial charge in [-0.25, -0.2) is 4.98 Å². The third-order valence-electron chi connectivity index (χ3n) is 7.04. The number of hydrogen-bond donors (Lipinski definition) is 0. The number of rotatable bonds is 2. The fraction of sp³-hybridized carbons (Fsp3) is 0.321. The van der Waals surface area contributed by atoms with Gasteiger partial charge in [-0.2, -0.15) is 0 Å². The fourth-order valence-electron chi connectivity index (χ4n) is 5.01. The van der Waals surface area contributed by atoms with E-state index in [-0.39, 0.29) is 17.2 Å². The van der Waals surface area contributed by atoms with Gasteiger partial charge < -0.3 is 14.5 Å². The Morgan fingerprint density at radius 2 is 1.62 bits per heavy atom. The lowest BCUT2D eigenvalue weighted by molar-refractivity contribution is -0.127. The van der Waals surface area contributed by atoms with Crippen LogP contribution in [0.5, 0.6) is 5.75 Å². The number of para-hydroxylation sites is 1. The van der Waals surface area contributed by atoms with Crippen LogP contribution in [-0.2, 0) is 4.79 Å². The molecule has 3 heterocycles. The first-order valence-electron chi connectivity index (χ1n) is 11.7. The summed E-state index contributed by atoms with van der Waals surface area (Å²) in [7, 11) is 1.61. The van der Waals surface area contributed by atoms with Crippen LogP contribution in [0.1, 0.15) is 35.3 Å². The summed E-state index contributed by atoms with van der Waals surface area (Å²) in [5.41, 5.74) is 2.06. The molecule has 6 nitrogen and oxygen atoms in total. The lowest BCUT2D eigenvalue weighted by atomic mass is 9.78. The van der Waals surface area contributed by atoms with Crippen LogP contribution >= 0.6 is 0 Å². The van der Waals surface area contributed by atoms with Crippen molar-refractivity contribution < 1.29 is 14.3 Å². The standard InChI is InChI=1S/C28H27N3O3/c1-34-25-19-24(29-23-10-6-5-9-22(23)25)27(33)31-18-15-28(20-31)13-16-30(17-14-28)26(32)12-11-21-7-3-2-4-8-21/h2-10,19H,13-18,20H2,1H3. The van der Waals surface area contributed by atoms with E-state index in [4.69, 9.17) is 4.74 Å². The van der Waals surface area contributed by atoms with Crippen LogP contribution in [0.4, 0.5) is 0 Å². The number of carbonyl (C=O) groups excluding carboxylic acids is 2. The van der Waals surface area contributed by atoms with E-state index in [0.717, 1.165) is 35.7 Å². The molecule has 1 spiro atoms. The molecule has 3 aromatic rings. The summed E-state index contributed by atoms with van der Waals surface area (Å²) in [6.45, 7) is 2.75. The van der Waals surface area contributed by atoms with Crippen LogP contribution in [0.3, 0.4) is 0 Å². The largest absolute Gasteiger partial charge is 0.496 e. The molecule has 0 saturated carbocycles. The molecule has 0 bridgehead atoms. The lowest BCUT2D eigenvalue weighted by Crippen LogP contribution is -2.44. The zero-order chi connectivity index (χ0) is 23.5. The average Bonchev–Trinajstić information content (AvgIpc) is 3.30. The van der Waals surface area contributed by atoms with Crippen LogP contribution in [0.25, 0.3) is 10.9 Å². The van der Waals surface area contributed by atoms with Gasteiger partial charge in [0.15, 0.2) is 0 Å². The Balaban J connectivity index is 1.23. The second kappa shape index (κ2) is 9.18. The SMILES string of the molecule is COc1cc(C(=O)N2CCC3(CCN(C(=O)C#Cc4ccccc4)CC3)C2)nc2ccccc12. The molecule has 0 radical (unpaired) electrons. The molecule has 6 heteroatoms. The molecule has 34 heavy (non-hydrogen) atoms. The van der Waals surface area contributed by atoms with Crippen LogP contribution in [0, 0.1) is 17.3 Å². The predicted molar refractivity (Wildman–Crippen MR) is 130 cm³/mol. The first-order chi connectivity index (χ1) is 16.6. The van der Waals surface area contributed by atoms with Gasteiger partial charge in [0.1, 0.15) is 11.4 Å². The number of nitrogens with zero attached hydrogens (tertiary/aromatic N) is 3. The number of methoxy groups -OCH3 is 1. The molecule has 5 rings (SSSR count). The van der Waals surface area contributed by atoms with Crippen molar-refractivity contribution in [2.45, 2.75) is 19.3 Å². The Morgan fingerprint density at radius 1 is 0.941 bits per heavy atom. The molecule has 0 N–H and O–H groups in total. The van der Waals surface area contributed by atoms with E-state index >= 15 is 0 Å². The topological polar surface area (TPSA) is 62.7 Å². The Labute approximate surface area is 199 Å². The Kier molecular flexibility index (Phi) is 5.93. The molecule has 2 amide bonds. The van der Waals surface area contributed by atoms with Crippen molar-refractivity contribution in [1.29, 1.82) is 0 Å². The van der Waals surface area contributed by atoms with Gasteiger partial charge in [0.2, 0.25) is 0 Å². The van der Waals surface area contributed by atoms with Crippen molar-refractivity contribution in [3.8, 4) is 17.6 Å². The first-order valence-corrected chi connectivity index (χ1v) is 11.7. The zero-order valence-electron chi connectivity index (χ0n) is 19.3. The summed E-state index contributed by atoms with van der Waals surface area (Å²) in [5.74, 6) is 6.20. The Bertz CT molecular complexity index is 1280. The third-order valence-corrected chi connectivity index (χ3v) is 7.04. The monoisotopic (exact) mass is 453 g/mol. The molecule has 2 aliphatic heterocycles. The maximum atomic E-state index is 13.3.